The van der Waals surface area contributed by atoms with Crippen LogP contribution in [0.2, 0.25) is 0 Å². The van der Waals surface area contributed by atoms with Gasteiger partial charge in [-0.3, -0.25) is 4.79 Å². The predicted molar refractivity (Wildman–Crippen MR) is 104 cm³/mol. The molecule has 4 nitrogen and oxygen atoms in total. The van der Waals surface area contributed by atoms with Gasteiger partial charge in [-0.25, -0.2) is 4.39 Å². The number of rotatable bonds is 6. The van der Waals surface area contributed by atoms with Gasteiger partial charge in [0.25, 0.3) is 5.91 Å². The third-order valence-corrected chi connectivity index (χ3v) is 5.79. The van der Waals surface area contributed by atoms with Crippen LogP contribution in [0.3, 0.4) is 0 Å². The first kappa shape index (κ1) is 18.7. The van der Waals surface area contributed by atoms with Gasteiger partial charge in [-0.1, -0.05) is 18.3 Å². The molecule has 2 aromatic carbocycles. The third kappa shape index (κ3) is 4.34. The molecule has 3 aromatic rings. The number of aromatic nitrogens is 1. The van der Waals surface area contributed by atoms with E-state index >= 15 is 0 Å². The first-order chi connectivity index (χ1) is 12.6. The zero-order chi connectivity index (χ0) is 18.5. The highest BCUT2D eigenvalue weighted by Crippen LogP contribution is 2.23. The maximum Gasteiger partial charge on any atom is 0.258 e. The van der Waals surface area contributed by atoms with Crippen molar-refractivity contribution in [2.45, 2.75) is 24.8 Å². The Labute approximate surface area is 159 Å². The van der Waals surface area contributed by atoms with Crippen LogP contribution in [0.25, 0.3) is 10.2 Å². The standard InChI is InChI=1S/C19H19FN2O2S2/c1-3-10-22-16-11-14(24-2)6-9-17(16)26-19(22)21-18(23)12-25-15-7-4-13(20)5-8-15/h4-9,11H,3,10,12H2,1-2H3. The van der Waals surface area contributed by atoms with Crippen molar-refractivity contribution in [1.82, 2.24) is 4.57 Å². The van der Waals surface area contributed by atoms with Crippen LogP contribution in [-0.2, 0) is 11.3 Å². The minimum atomic E-state index is -0.285. The molecule has 3 rings (SSSR count). The molecule has 1 aromatic heterocycles. The molecule has 0 fully saturated rings. The normalized spacial score (nSPS) is 11.9. The van der Waals surface area contributed by atoms with Crippen LogP contribution >= 0.6 is 23.1 Å². The molecule has 0 unspecified atom stereocenters. The molecular formula is C19H19FN2O2S2. The lowest BCUT2D eigenvalue weighted by molar-refractivity contribution is -0.115. The molecule has 1 heterocycles. The van der Waals surface area contributed by atoms with Gasteiger partial charge < -0.3 is 9.30 Å². The molecule has 0 bridgehead atoms. The Balaban J connectivity index is 1.86. The molecule has 0 N–H and O–H groups in total. The number of thioether (sulfide) groups is 1. The summed E-state index contributed by atoms with van der Waals surface area (Å²) in [7, 11) is 1.64. The maximum absolute atomic E-state index is 12.9. The lowest BCUT2D eigenvalue weighted by Gasteiger charge is -2.04. The van der Waals surface area contributed by atoms with Crippen molar-refractivity contribution in [3.8, 4) is 5.75 Å². The van der Waals surface area contributed by atoms with Gasteiger partial charge in [0.2, 0.25) is 0 Å². The number of nitrogens with zero attached hydrogens (tertiary/aromatic N) is 2. The number of hydrogen-bond donors (Lipinski definition) is 0. The van der Waals surface area contributed by atoms with Crippen molar-refractivity contribution in [2.75, 3.05) is 12.9 Å². The van der Waals surface area contributed by atoms with Crippen LogP contribution in [0.15, 0.2) is 52.4 Å². The Hall–Kier alpha value is -2.12. The number of benzene rings is 2. The van der Waals surface area contributed by atoms with E-state index in [0.717, 1.165) is 33.8 Å². The second-order valence-electron chi connectivity index (χ2n) is 5.62. The summed E-state index contributed by atoms with van der Waals surface area (Å²) in [6, 6.07) is 12.0. The highest BCUT2D eigenvalue weighted by Gasteiger charge is 2.09. The highest BCUT2D eigenvalue weighted by molar-refractivity contribution is 8.00. The van der Waals surface area contributed by atoms with Gasteiger partial charge in [0, 0.05) is 17.5 Å². The van der Waals surface area contributed by atoms with Gasteiger partial charge in [-0.15, -0.1) is 11.8 Å². The maximum atomic E-state index is 12.9. The SMILES string of the molecule is CCCn1c(=NC(=O)CSc2ccc(F)cc2)sc2ccc(OC)cc21. The summed E-state index contributed by atoms with van der Waals surface area (Å²) in [5, 5.41) is 0. The minimum Gasteiger partial charge on any atom is -0.497 e. The van der Waals surface area contributed by atoms with E-state index in [1.54, 1.807) is 19.2 Å². The van der Waals surface area contributed by atoms with Gasteiger partial charge in [-0.2, -0.15) is 4.99 Å². The van der Waals surface area contributed by atoms with Crippen LogP contribution in [0, 0.1) is 5.82 Å². The molecule has 0 atom stereocenters. The van der Waals surface area contributed by atoms with Crippen molar-refractivity contribution in [3.63, 3.8) is 0 Å². The highest BCUT2D eigenvalue weighted by atomic mass is 32.2. The number of carbonyl (C=O) groups excluding carboxylic acids is 1. The monoisotopic (exact) mass is 390 g/mol. The molecule has 0 spiro atoms. The van der Waals surface area contributed by atoms with E-state index in [-0.39, 0.29) is 17.5 Å². The molecule has 1 amide bonds. The summed E-state index contributed by atoms with van der Waals surface area (Å²) in [4.78, 5) is 18.2. The molecule has 7 heteroatoms. The fourth-order valence-electron chi connectivity index (χ4n) is 2.52. The van der Waals surface area contributed by atoms with Crippen LogP contribution in [0.4, 0.5) is 4.39 Å². The Bertz CT molecular complexity index is 977. The zero-order valence-corrected chi connectivity index (χ0v) is 16.2. The van der Waals surface area contributed by atoms with Crippen molar-refractivity contribution in [1.29, 1.82) is 0 Å². The Morgan fingerprint density at radius 2 is 2.04 bits per heavy atom. The van der Waals surface area contributed by atoms with E-state index in [2.05, 4.69) is 16.5 Å². The van der Waals surface area contributed by atoms with E-state index in [4.69, 9.17) is 4.74 Å². The van der Waals surface area contributed by atoms with Gasteiger partial charge in [-0.05, 0) is 42.8 Å². The predicted octanol–water partition coefficient (Wildman–Crippen LogP) is 4.48. The Kier molecular flexibility index (Phi) is 6.11. The lowest BCUT2D eigenvalue weighted by Crippen LogP contribution is -2.17. The molecule has 0 aliphatic rings. The number of carbonyl (C=O) groups is 1. The first-order valence-electron chi connectivity index (χ1n) is 8.24. The second-order valence-corrected chi connectivity index (χ2v) is 7.68. The molecule has 0 radical (unpaired) electrons. The van der Waals surface area contributed by atoms with E-state index in [1.807, 2.05) is 18.2 Å². The molecule has 26 heavy (non-hydrogen) atoms. The van der Waals surface area contributed by atoms with Crippen molar-refractivity contribution in [2.24, 2.45) is 4.99 Å². The summed E-state index contributed by atoms with van der Waals surface area (Å²) < 4.78 is 21.4. The van der Waals surface area contributed by atoms with Gasteiger partial charge in [0.15, 0.2) is 4.80 Å². The first-order valence-corrected chi connectivity index (χ1v) is 10.0. The van der Waals surface area contributed by atoms with Crippen LogP contribution in [-0.4, -0.2) is 23.3 Å². The largest absolute Gasteiger partial charge is 0.497 e. The van der Waals surface area contributed by atoms with E-state index < -0.39 is 0 Å². The molecule has 0 saturated heterocycles. The number of methoxy groups -OCH3 is 1. The molecule has 0 aliphatic carbocycles. The Morgan fingerprint density at radius 1 is 1.27 bits per heavy atom. The average Bonchev–Trinajstić information content (AvgIpc) is 2.98. The second kappa shape index (κ2) is 8.51. The lowest BCUT2D eigenvalue weighted by atomic mass is 10.3. The summed E-state index contributed by atoms with van der Waals surface area (Å²) in [6.45, 7) is 2.87. The minimum absolute atomic E-state index is 0.206. The zero-order valence-electron chi connectivity index (χ0n) is 14.6. The molecule has 136 valence electrons. The number of fused-ring (bicyclic) bond motifs is 1. The number of aryl methyl sites for hydroxylation is 1. The van der Waals surface area contributed by atoms with E-state index in [0.29, 0.717) is 4.80 Å². The smallest absolute Gasteiger partial charge is 0.258 e. The van der Waals surface area contributed by atoms with Crippen LogP contribution < -0.4 is 9.54 Å². The fraction of sp³-hybridized carbons (Fsp3) is 0.263. The van der Waals surface area contributed by atoms with E-state index in [9.17, 15) is 9.18 Å². The van der Waals surface area contributed by atoms with Crippen LogP contribution in [0.1, 0.15) is 13.3 Å². The summed E-state index contributed by atoms with van der Waals surface area (Å²) >= 11 is 2.85. The summed E-state index contributed by atoms with van der Waals surface area (Å²) in [5.41, 5.74) is 1.02. The third-order valence-electron chi connectivity index (χ3n) is 3.73. The Morgan fingerprint density at radius 3 is 2.73 bits per heavy atom. The number of halogens is 1. The average molecular weight is 391 g/mol. The molecular weight excluding hydrogens is 371 g/mol. The topological polar surface area (TPSA) is 43.6 Å². The van der Waals surface area contributed by atoms with Crippen molar-refractivity contribution < 1.29 is 13.9 Å². The number of ether oxygens (including phenoxy) is 1. The van der Waals surface area contributed by atoms with Crippen LogP contribution in [0.5, 0.6) is 5.75 Å². The van der Waals surface area contributed by atoms with E-state index in [1.165, 1.54) is 35.2 Å². The number of amides is 1. The molecule has 0 saturated carbocycles. The summed E-state index contributed by atoms with van der Waals surface area (Å²) in [5.74, 6) is 0.509. The van der Waals surface area contributed by atoms with Crippen molar-refractivity contribution in [3.05, 3.63) is 53.1 Å². The van der Waals surface area contributed by atoms with Gasteiger partial charge >= 0.3 is 0 Å². The van der Waals surface area contributed by atoms with Gasteiger partial charge in [0.05, 0.1) is 23.1 Å². The number of thiazole rings is 1. The quantitative estimate of drug-likeness (QED) is 0.583. The fourth-order valence-corrected chi connectivity index (χ4v) is 4.25. The van der Waals surface area contributed by atoms with Gasteiger partial charge in [0.1, 0.15) is 11.6 Å². The summed E-state index contributed by atoms with van der Waals surface area (Å²) in [6.07, 6.45) is 0.939. The molecule has 0 aliphatic heterocycles. The number of hydrogen-bond acceptors (Lipinski definition) is 4. The van der Waals surface area contributed by atoms with Crippen molar-refractivity contribution >= 4 is 39.2 Å².